The molecule has 1 aliphatic rings. The van der Waals surface area contributed by atoms with Crippen molar-refractivity contribution in [1.29, 1.82) is 0 Å². The smallest absolute Gasteiger partial charge is 0.326 e. The monoisotopic (exact) mass is 259 g/mol. The van der Waals surface area contributed by atoms with Gasteiger partial charge in [0, 0.05) is 6.08 Å². The van der Waals surface area contributed by atoms with E-state index in [-0.39, 0.29) is 11.8 Å². The van der Waals surface area contributed by atoms with Crippen molar-refractivity contribution in [2.75, 3.05) is 0 Å². The molecule has 0 aromatic heterocycles. The Kier molecular flexibility index (Phi) is 4.00. The topological polar surface area (TPSA) is 66.4 Å². The number of carbonyl (C=O) groups excluding carboxylic acids is 1. The number of benzene rings is 1. The van der Waals surface area contributed by atoms with Crippen molar-refractivity contribution in [2.24, 2.45) is 5.92 Å². The molecular formula is C15H17NO3. The molecule has 0 bridgehead atoms. The van der Waals surface area contributed by atoms with Crippen LogP contribution in [0, 0.1) is 12.8 Å². The third-order valence-electron chi connectivity index (χ3n) is 3.26. The fourth-order valence-corrected chi connectivity index (χ4v) is 1.95. The predicted molar refractivity (Wildman–Crippen MR) is 72.5 cm³/mol. The Hall–Kier alpha value is -2.10. The predicted octanol–water partition coefficient (Wildman–Crippen LogP) is 1.99. The number of aliphatic carboxylic acids is 1. The van der Waals surface area contributed by atoms with Crippen LogP contribution in [0.4, 0.5) is 0 Å². The van der Waals surface area contributed by atoms with Crippen LogP contribution >= 0.6 is 0 Å². The molecule has 1 aliphatic carbocycles. The van der Waals surface area contributed by atoms with Gasteiger partial charge in [0.15, 0.2) is 0 Å². The summed E-state index contributed by atoms with van der Waals surface area (Å²) in [6.45, 7) is 1.96. The molecule has 1 amide bonds. The molecule has 0 aliphatic heterocycles. The van der Waals surface area contributed by atoms with Gasteiger partial charge in [-0.3, -0.25) is 4.79 Å². The van der Waals surface area contributed by atoms with Gasteiger partial charge >= 0.3 is 5.97 Å². The third-order valence-corrected chi connectivity index (χ3v) is 3.26. The summed E-state index contributed by atoms with van der Waals surface area (Å²) < 4.78 is 0. The maximum absolute atomic E-state index is 11.7. The average Bonchev–Trinajstić information content (AvgIpc) is 3.19. The van der Waals surface area contributed by atoms with Crippen molar-refractivity contribution in [1.82, 2.24) is 5.32 Å². The molecular weight excluding hydrogens is 242 g/mol. The number of nitrogens with one attached hydrogen (secondary N) is 1. The zero-order chi connectivity index (χ0) is 13.8. The van der Waals surface area contributed by atoms with Gasteiger partial charge in [0.25, 0.3) is 0 Å². The highest BCUT2D eigenvalue weighted by molar-refractivity contribution is 5.94. The quantitative estimate of drug-likeness (QED) is 0.795. The van der Waals surface area contributed by atoms with Crippen LogP contribution in [-0.4, -0.2) is 23.0 Å². The summed E-state index contributed by atoms with van der Waals surface area (Å²) in [4.78, 5) is 22.7. The lowest BCUT2D eigenvalue weighted by atomic mass is 10.1. The van der Waals surface area contributed by atoms with E-state index in [0.717, 1.165) is 24.0 Å². The van der Waals surface area contributed by atoms with E-state index in [2.05, 4.69) is 5.32 Å². The Balaban J connectivity index is 1.97. The molecule has 2 N–H and O–H groups in total. The van der Waals surface area contributed by atoms with Gasteiger partial charge in [-0.1, -0.05) is 24.3 Å². The molecule has 1 unspecified atom stereocenters. The fraction of sp³-hybridized carbons (Fsp3) is 0.333. The second kappa shape index (κ2) is 5.69. The van der Waals surface area contributed by atoms with Gasteiger partial charge < -0.3 is 10.4 Å². The summed E-state index contributed by atoms with van der Waals surface area (Å²) >= 11 is 0. The van der Waals surface area contributed by atoms with Crippen molar-refractivity contribution in [3.05, 3.63) is 41.5 Å². The standard InChI is InChI=1S/C15H17NO3/c1-10-4-2-3-5-11(10)8-9-13(17)16-14(15(18)19)12-6-7-12/h2-5,8-9,12,14H,6-7H2,1H3,(H,16,17)(H,18,19). The lowest BCUT2D eigenvalue weighted by molar-refractivity contribution is -0.141. The van der Waals surface area contributed by atoms with E-state index >= 15 is 0 Å². The largest absolute Gasteiger partial charge is 0.480 e. The van der Waals surface area contributed by atoms with Gasteiger partial charge in [0.05, 0.1) is 0 Å². The number of hydrogen-bond acceptors (Lipinski definition) is 2. The van der Waals surface area contributed by atoms with Gasteiger partial charge in [-0.25, -0.2) is 4.79 Å². The fourth-order valence-electron chi connectivity index (χ4n) is 1.95. The molecule has 4 nitrogen and oxygen atoms in total. The van der Waals surface area contributed by atoms with E-state index in [1.807, 2.05) is 31.2 Å². The Morgan fingerprint density at radius 1 is 1.37 bits per heavy atom. The van der Waals surface area contributed by atoms with E-state index in [9.17, 15) is 9.59 Å². The van der Waals surface area contributed by atoms with Crippen LogP contribution in [0.25, 0.3) is 6.08 Å². The molecule has 2 rings (SSSR count). The first kappa shape index (κ1) is 13.3. The maximum Gasteiger partial charge on any atom is 0.326 e. The highest BCUT2D eigenvalue weighted by Gasteiger charge is 2.36. The van der Waals surface area contributed by atoms with Gasteiger partial charge in [-0.2, -0.15) is 0 Å². The Labute approximate surface area is 112 Å². The zero-order valence-electron chi connectivity index (χ0n) is 10.8. The molecule has 1 saturated carbocycles. The summed E-state index contributed by atoms with van der Waals surface area (Å²) in [5, 5.41) is 11.6. The van der Waals surface area contributed by atoms with E-state index in [1.165, 1.54) is 6.08 Å². The molecule has 1 aromatic carbocycles. The lowest BCUT2D eigenvalue weighted by Gasteiger charge is -2.11. The normalized spacial score (nSPS) is 16.3. The van der Waals surface area contributed by atoms with Crippen molar-refractivity contribution in [3.63, 3.8) is 0 Å². The van der Waals surface area contributed by atoms with Crippen LogP contribution in [0.1, 0.15) is 24.0 Å². The van der Waals surface area contributed by atoms with Gasteiger partial charge in [-0.05, 0) is 42.9 Å². The number of carboxylic acids is 1. The first-order valence-electron chi connectivity index (χ1n) is 6.35. The molecule has 0 spiro atoms. The Morgan fingerprint density at radius 3 is 2.63 bits per heavy atom. The summed E-state index contributed by atoms with van der Waals surface area (Å²) in [7, 11) is 0. The van der Waals surface area contributed by atoms with E-state index in [0.29, 0.717) is 0 Å². The molecule has 1 aromatic rings. The van der Waals surface area contributed by atoms with Crippen LogP contribution in [-0.2, 0) is 9.59 Å². The highest BCUT2D eigenvalue weighted by Crippen LogP contribution is 2.32. The summed E-state index contributed by atoms with van der Waals surface area (Å²) in [5.41, 5.74) is 2.03. The van der Waals surface area contributed by atoms with Crippen molar-refractivity contribution in [2.45, 2.75) is 25.8 Å². The minimum absolute atomic E-state index is 0.0910. The molecule has 0 radical (unpaired) electrons. The second-order valence-electron chi connectivity index (χ2n) is 4.85. The third kappa shape index (κ3) is 3.68. The maximum atomic E-state index is 11.7. The van der Waals surface area contributed by atoms with Gasteiger partial charge in [0.1, 0.15) is 6.04 Å². The van der Waals surface area contributed by atoms with E-state index < -0.39 is 12.0 Å². The number of carboxylic acid groups (broad SMARTS) is 1. The molecule has 0 saturated heterocycles. The summed E-state index contributed by atoms with van der Waals surface area (Å²) in [6.07, 6.45) is 4.84. The summed E-state index contributed by atoms with van der Waals surface area (Å²) in [5.74, 6) is -1.23. The first-order chi connectivity index (χ1) is 9.08. The number of rotatable bonds is 5. The highest BCUT2D eigenvalue weighted by atomic mass is 16.4. The molecule has 100 valence electrons. The van der Waals surface area contributed by atoms with Crippen LogP contribution in [0.2, 0.25) is 0 Å². The van der Waals surface area contributed by atoms with Crippen molar-refractivity contribution in [3.8, 4) is 0 Å². The minimum Gasteiger partial charge on any atom is -0.480 e. The molecule has 0 heterocycles. The number of amides is 1. The lowest BCUT2D eigenvalue weighted by Crippen LogP contribution is -2.41. The van der Waals surface area contributed by atoms with E-state index in [1.54, 1.807) is 6.08 Å². The minimum atomic E-state index is -0.958. The number of carbonyl (C=O) groups is 2. The van der Waals surface area contributed by atoms with Gasteiger partial charge in [0.2, 0.25) is 5.91 Å². The SMILES string of the molecule is Cc1ccccc1C=CC(=O)NC(C(=O)O)C1CC1. The molecule has 4 heteroatoms. The van der Waals surface area contributed by atoms with Crippen LogP contribution in [0.15, 0.2) is 30.3 Å². The average molecular weight is 259 g/mol. The van der Waals surface area contributed by atoms with Crippen LogP contribution in [0.5, 0.6) is 0 Å². The van der Waals surface area contributed by atoms with Crippen molar-refractivity contribution < 1.29 is 14.7 Å². The molecule has 19 heavy (non-hydrogen) atoms. The van der Waals surface area contributed by atoms with Crippen LogP contribution < -0.4 is 5.32 Å². The first-order valence-corrected chi connectivity index (χ1v) is 6.35. The Bertz CT molecular complexity index is 518. The zero-order valence-corrected chi connectivity index (χ0v) is 10.8. The second-order valence-corrected chi connectivity index (χ2v) is 4.85. The summed E-state index contributed by atoms with van der Waals surface area (Å²) in [6, 6.07) is 6.94. The van der Waals surface area contributed by atoms with Gasteiger partial charge in [-0.15, -0.1) is 0 Å². The molecule has 1 atom stereocenters. The number of hydrogen-bond donors (Lipinski definition) is 2. The number of aryl methyl sites for hydroxylation is 1. The van der Waals surface area contributed by atoms with E-state index in [4.69, 9.17) is 5.11 Å². The van der Waals surface area contributed by atoms with Crippen molar-refractivity contribution >= 4 is 18.0 Å². The molecule has 1 fully saturated rings. The Morgan fingerprint density at radius 2 is 2.05 bits per heavy atom. The van der Waals surface area contributed by atoms with Crippen LogP contribution in [0.3, 0.4) is 0 Å².